The molecule has 0 fully saturated rings. The van der Waals surface area contributed by atoms with Gasteiger partial charge in [-0.05, 0) is 23.8 Å². The summed E-state index contributed by atoms with van der Waals surface area (Å²) in [6.07, 6.45) is 1.59. The number of hydrogen-bond acceptors (Lipinski definition) is 4. The Hall–Kier alpha value is -2.28. The third kappa shape index (κ3) is 3.00. The fraction of sp³-hybridized carbons (Fsp3) is 0.375. The van der Waals surface area contributed by atoms with E-state index in [1.165, 1.54) is 0 Å². The molecule has 4 heteroatoms. The second-order valence-corrected chi connectivity index (χ2v) is 5.65. The van der Waals surface area contributed by atoms with Crippen molar-refractivity contribution in [2.24, 2.45) is 5.41 Å². The summed E-state index contributed by atoms with van der Waals surface area (Å²) in [4.78, 5) is 12.1. The maximum atomic E-state index is 12.1. The van der Waals surface area contributed by atoms with Gasteiger partial charge in [0.05, 0.1) is 5.57 Å². The van der Waals surface area contributed by atoms with Crippen LogP contribution in [0.3, 0.4) is 0 Å². The van der Waals surface area contributed by atoms with Crippen molar-refractivity contribution in [3.63, 3.8) is 0 Å². The van der Waals surface area contributed by atoms with Gasteiger partial charge in [0.1, 0.15) is 19.3 Å². The molecule has 0 atom stereocenters. The van der Waals surface area contributed by atoms with Crippen LogP contribution in [0.2, 0.25) is 0 Å². The van der Waals surface area contributed by atoms with E-state index in [-0.39, 0.29) is 11.4 Å². The summed E-state index contributed by atoms with van der Waals surface area (Å²) in [7, 11) is 0. The van der Waals surface area contributed by atoms with Gasteiger partial charge in [-0.3, -0.25) is 4.79 Å². The van der Waals surface area contributed by atoms with Crippen LogP contribution in [0.5, 0.6) is 11.5 Å². The van der Waals surface area contributed by atoms with E-state index in [9.17, 15) is 4.79 Å². The van der Waals surface area contributed by atoms with Crippen molar-refractivity contribution in [1.29, 1.82) is 5.26 Å². The predicted octanol–water partition coefficient (Wildman–Crippen LogP) is 2.98. The SMILES string of the molecule is CC(C)(C)C(=O)C(C#N)=Cc1ccc2c(c1)OCCO2. The van der Waals surface area contributed by atoms with E-state index in [1.54, 1.807) is 45.0 Å². The number of ketones is 1. The number of nitriles is 1. The lowest BCUT2D eigenvalue weighted by Gasteiger charge is -2.18. The van der Waals surface area contributed by atoms with Crippen molar-refractivity contribution < 1.29 is 14.3 Å². The molecule has 0 radical (unpaired) electrons. The highest BCUT2D eigenvalue weighted by Gasteiger charge is 2.25. The maximum absolute atomic E-state index is 12.1. The highest BCUT2D eigenvalue weighted by Crippen LogP contribution is 2.31. The topological polar surface area (TPSA) is 59.3 Å². The highest BCUT2D eigenvalue weighted by atomic mass is 16.6. The molecule has 0 unspecified atom stereocenters. The Morgan fingerprint density at radius 3 is 2.50 bits per heavy atom. The van der Waals surface area contributed by atoms with Gasteiger partial charge in [0.2, 0.25) is 0 Å². The number of benzene rings is 1. The Morgan fingerprint density at radius 1 is 1.25 bits per heavy atom. The molecule has 1 heterocycles. The number of carbonyl (C=O) groups excluding carboxylic acids is 1. The summed E-state index contributed by atoms with van der Waals surface area (Å²) in [6, 6.07) is 7.35. The van der Waals surface area contributed by atoms with Crippen LogP contribution in [0.15, 0.2) is 23.8 Å². The molecule has 0 N–H and O–H groups in total. The quantitative estimate of drug-likeness (QED) is 0.613. The number of hydrogen-bond donors (Lipinski definition) is 0. The van der Waals surface area contributed by atoms with Gasteiger partial charge in [-0.25, -0.2) is 0 Å². The highest BCUT2D eigenvalue weighted by molar-refractivity contribution is 6.06. The number of rotatable bonds is 2. The lowest BCUT2D eigenvalue weighted by atomic mass is 9.86. The summed E-state index contributed by atoms with van der Waals surface area (Å²) < 4.78 is 10.9. The van der Waals surface area contributed by atoms with Crippen molar-refractivity contribution in [1.82, 2.24) is 0 Å². The van der Waals surface area contributed by atoms with E-state index in [0.717, 1.165) is 5.56 Å². The lowest BCUT2D eigenvalue weighted by Crippen LogP contribution is -2.21. The van der Waals surface area contributed by atoms with Gasteiger partial charge in [-0.1, -0.05) is 26.8 Å². The normalized spacial score (nSPS) is 14.6. The predicted molar refractivity (Wildman–Crippen MR) is 75.5 cm³/mol. The van der Waals surface area contributed by atoms with Crippen molar-refractivity contribution in [2.45, 2.75) is 20.8 Å². The molecule has 0 aliphatic carbocycles. The minimum atomic E-state index is -0.574. The van der Waals surface area contributed by atoms with Crippen molar-refractivity contribution in [3.8, 4) is 17.6 Å². The zero-order valence-electron chi connectivity index (χ0n) is 11.9. The summed E-state index contributed by atoms with van der Waals surface area (Å²) in [6.45, 7) is 6.43. The molecule has 0 amide bonds. The summed E-state index contributed by atoms with van der Waals surface area (Å²) in [5.74, 6) is 1.16. The number of allylic oxidation sites excluding steroid dienone is 1. The Balaban J connectivity index is 2.34. The number of ether oxygens (including phenoxy) is 2. The zero-order valence-corrected chi connectivity index (χ0v) is 11.9. The van der Waals surface area contributed by atoms with Crippen LogP contribution in [-0.4, -0.2) is 19.0 Å². The third-order valence-electron chi connectivity index (χ3n) is 2.92. The first-order chi connectivity index (χ1) is 9.41. The van der Waals surface area contributed by atoms with Crippen LogP contribution >= 0.6 is 0 Å². The van der Waals surface area contributed by atoms with E-state index in [4.69, 9.17) is 14.7 Å². The Labute approximate surface area is 118 Å². The second-order valence-electron chi connectivity index (χ2n) is 5.65. The van der Waals surface area contributed by atoms with Gasteiger partial charge < -0.3 is 9.47 Å². The molecule has 4 nitrogen and oxygen atoms in total. The number of carbonyl (C=O) groups is 1. The summed E-state index contributed by atoms with van der Waals surface area (Å²) >= 11 is 0. The van der Waals surface area contributed by atoms with E-state index in [0.29, 0.717) is 24.7 Å². The molecular weight excluding hydrogens is 254 g/mol. The largest absolute Gasteiger partial charge is 0.486 e. The first kappa shape index (κ1) is 14.1. The monoisotopic (exact) mass is 271 g/mol. The Morgan fingerprint density at radius 2 is 1.90 bits per heavy atom. The molecule has 0 saturated heterocycles. The van der Waals surface area contributed by atoms with Crippen molar-refractivity contribution in [2.75, 3.05) is 13.2 Å². The molecule has 1 aromatic rings. The molecule has 1 aliphatic heterocycles. The van der Waals surface area contributed by atoms with E-state index < -0.39 is 5.41 Å². The fourth-order valence-electron chi connectivity index (χ4n) is 1.87. The first-order valence-electron chi connectivity index (χ1n) is 6.48. The van der Waals surface area contributed by atoms with E-state index >= 15 is 0 Å². The Bertz CT molecular complexity index is 603. The molecule has 0 bridgehead atoms. The minimum absolute atomic E-state index is 0.147. The average molecular weight is 271 g/mol. The summed E-state index contributed by atoms with van der Waals surface area (Å²) in [5.41, 5.74) is 0.327. The molecule has 0 aromatic heterocycles. The molecule has 20 heavy (non-hydrogen) atoms. The number of nitrogens with zero attached hydrogens (tertiary/aromatic N) is 1. The van der Waals surface area contributed by atoms with Crippen LogP contribution < -0.4 is 9.47 Å². The second kappa shape index (κ2) is 5.38. The smallest absolute Gasteiger partial charge is 0.178 e. The molecule has 2 rings (SSSR count). The van der Waals surface area contributed by atoms with E-state index in [1.807, 2.05) is 6.07 Å². The zero-order chi connectivity index (χ0) is 14.8. The fourth-order valence-corrected chi connectivity index (χ4v) is 1.87. The van der Waals surface area contributed by atoms with Crippen LogP contribution in [0.1, 0.15) is 26.3 Å². The molecule has 1 aliphatic rings. The standard InChI is InChI=1S/C16H17NO3/c1-16(2,3)15(18)12(10-17)8-11-4-5-13-14(9-11)20-7-6-19-13/h4-5,8-9H,6-7H2,1-3H3. The number of fused-ring (bicyclic) bond motifs is 1. The summed E-state index contributed by atoms with van der Waals surface area (Å²) in [5, 5.41) is 9.16. The van der Waals surface area contributed by atoms with Gasteiger partial charge in [0.15, 0.2) is 17.3 Å². The van der Waals surface area contributed by atoms with Crippen molar-refractivity contribution >= 4 is 11.9 Å². The van der Waals surface area contributed by atoms with Crippen LogP contribution in [0, 0.1) is 16.7 Å². The first-order valence-corrected chi connectivity index (χ1v) is 6.48. The Kier molecular flexibility index (Phi) is 3.80. The molecule has 104 valence electrons. The lowest BCUT2D eigenvalue weighted by molar-refractivity contribution is -0.121. The number of Topliss-reactive ketones (excluding diaryl/α,β-unsaturated/α-hetero) is 1. The van der Waals surface area contributed by atoms with Gasteiger partial charge in [-0.15, -0.1) is 0 Å². The van der Waals surface area contributed by atoms with Crippen LogP contribution in [0.25, 0.3) is 6.08 Å². The minimum Gasteiger partial charge on any atom is -0.486 e. The van der Waals surface area contributed by atoms with Crippen LogP contribution in [0.4, 0.5) is 0 Å². The van der Waals surface area contributed by atoms with Gasteiger partial charge in [-0.2, -0.15) is 5.26 Å². The van der Waals surface area contributed by atoms with Crippen molar-refractivity contribution in [3.05, 3.63) is 29.3 Å². The van der Waals surface area contributed by atoms with Gasteiger partial charge in [0.25, 0.3) is 0 Å². The average Bonchev–Trinajstić information content (AvgIpc) is 2.43. The maximum Gasteiger partial charge on any atom is 0.178 e. The van der Waals surface area contributed by atoms with E-state index in [2.05, 4.69) is 0 Å². The molecular formula is C16H17NO3. The van der Waals surface area contributed by atoms with Gasteiger partial charge >= 0.3 is 0 Å². The van der Waals surface area contributed by atoms with Gasteiger partial charge in [0, 0.05) is 5.41 Å². The third-order valence-corrected chi connectivity index (χ3v) is 2.92. The van der Waals surface area contributed by atoms with Crippen LogP contribution in [-0.2, 0) is 4.79 Å². The molecule has 0 spiro atoms. The molecule has 1 aromatic carbocycles. The molecule has 0 saturated carbocycles.